The molecule has 1 amide bonds. The van der Waals surface area contributed by atoms with Gasteiger partial charge >= 0.3 is 0 Å². The van der Waals surface area contributed by atoms with Crippen LogP contribution in [0.25, 0.3) is 6.08 Å². The van der Waals surface area contributed by atoms with Crippen LogP contribution in [-0.2, 0) is 11.4 Å². The molecule has 0 radical (unpaired) electrons. The summed E-state index contributed by atoms with van der Waals surface area (Å²) >= 11 is 16.5. The highest BCUT2D eigenvalue weighted by atomic mass is 79.9. The minimum absolute atomic E-state index is 0.175. The van der Waals surface area contributed by atoms with Crippen LogP contribution in [0.15, 0.2) is 76.1 Å². The van der Waals surface area contributed by atoms with Crippen LogP contribution in [-0.4, -0.2) is 16.8 Å². The molecule has 1 heterocycles. The number of halogens is 2. The van der Waals surface area contributed by atoms with Gasteiger partial charge in [0.05, 0.1) is 17.2 Å². The fraction of sp³-hybridized carbons (Fsp3) is 0.120. The van der Waals surface area contributed by atoms with Crippen molar-refractivity contribution < 1.29 is 14.3 Å². The molecule has 0 spiro atoms. The van der Waals surface area contributed by atoms with Gasteiger partial charge in [0.2, 0.25) is 0 Å². The molecule has 0 bridgehead atoms. The number of ether oxygens (including phenoxy) is 2. The van der Waals surface area contributed by atoms with E-state index in [0.29, 0.717) is 38.9 Å². The monoisotopic (exact) mass is 559 g/mol. The Kier molecular flexibility index (Phi) is 7.75. The molecule has 4 nitrogen and oxygen atoms in total. The first-order valence-electron chi connectivity index (χ1n) is 10.1. The summed E-state index contributed by atoms with van der Waals surface area (Å²) in [4.78, 5) is 15.3. The van der Waals surface area contributed by atoms with Gasteiger partial charge in [-0.25, -0.2) is 0 Å². The fourth-order valence-electron chi connectivity index (χ4n) is 3.22. The van der Waals surface area contributed by atoms with E-state index in [4.69, 9.17) is 33.3 Å². The summed E-state index contributed by atoms with van der Waals surface area (Å²) in [5.41, 5.74) is 2.35. The molecular formula is C25H19BrClNO3S2. The molecule has 4 rings (SSSR count). The van der Waals surface area contributed by atoms with Crippen molar-refractivity contribution in [3.8, 4) is 11.5 Å². The molecule has 1 aliphatic rings. The summed E-state index contributed by atoms with van der Waals surface area (Å²) in [6.07, 6.45) is 1.81. The molecule has 168 valence electrons. The zero-order valence-corrected chi connectivity index (χ0v) is 21.6. The van der Waals surface area contributed by atoms with Crippen LogP contribution in [0.4, 0.5) is 5.69 Å². The number of carbonyl (C=O) groups excluding carboxylic acids is 1. The predicted molar refractivity (Wildman–Crippen MR) is 143 cm³/mol. The molecule has 33 heavy (non-hydrogen) atoms. The van der Waals surface area contributed by atoms with E-state index < -0.39 is 0 Å². The Labute approximate surface area is 215 Å². The third-order valence-electron chi connectivity index (χ3n) is 4.80. The van der Waals surface area contributed by atoms with Crippen LogP contribution < -0.4 is 14.4 Å². The topological polar surface area (TPSA) is 38.8 Å². The van der Waals surface area contributed by atoms with Crippen LogP contribution >= 0.6 is 51.5 Å². The van der Waals surface area contributed by atoms with E-state index in [-0.39, 0.29) is 5.91 Å². The summed E-state index contributed by atoms with van der Waals surface area (Å²) in [5.74, 6) is 1.22. The Morgan fingerprint density at radius 3 is 2.58 bits per heavy atom. The van der Waals surface area contributed by atoms with Crippen molar-refractivity contribution in [1.82, 2.24) is 0 Å². The molecule has 8 heteroatoms. The van der Waals surface area contributed by atoms with E-state index in [0.717, 1.165) is 21.3 Å². The Balaban J connectivity index is 1.58. The fourth-order valence-corrected chi connectivity index (χ4v) is 5.08. The van der Waals surface area contributed by atoms with Gasteiger partial charge in [-0.05, 0) is 61.5 Å². The lowest BCUT2D eigenvalue weighted by Crippen LogP contribution is -2.27. The minimum Gasteiger partial charge on any atom is -0.494 e. The lowest BCUT2D eigenvalue weighted by Gasteiger charge is -2.15. The van der Waals surface area contributed by atoms with E-state index >= 15 is 0 Å². The highest BCUT2D eigenvalue weighted by Crippen LogP contribution is 2.38. The second kappa shape index (κ2) is 10.7. The summed E-state index contributed by atoms with van der Waals surface area (Å²) in [5, 5.41) is 0.646. The van der Waals surface area contributed by atoms with Gasteiger partial charge in [-0.3, -0.25) is 9.69 Å². The van der Waals surface area contributed by atoms with Gasteiger partial charge in [0.1, 0.15) is 18.1 Å². The van der Waals surface area contributed by atoms with Crippen molar-refractivity contribution in [3.05, 3.63) is 92.3 Å². The van der Waals surface area contributed by atoms with Gasteiger partial charge in [0.25, 0.3) is 5.91 Å². The Morgan fingerprint density at radius 1 is 1.09 bits per heavy atom. The van der Waals surface area contributed by atoms with Crippen molar-refractivity contribution in [2.75, 3.05) is 11.5 Å². The smallest absolute Gasteiger partial charge is 0.270 e. The second-order valence-corrected chi connectivity index (χ2v) is 10.0. The molecular weight excluding hydrogens is 542 g/mol. The van der Waals surface area contributed by atoms with Gasteiger partial charge < -0.3 is 9.47 Å². The molecule has 1 saturated heterocycles. The highest BCUT2D eigenvalue weighted by molar-refractivity contribution is 9.10. The number of anilines is 1. The van der Waals surface area contributed by atoms with Crippen molar-refractivity contribution in [2.45, 2.75) is 13.5 Å². The molecule has 0 aliphatic carbocycles. The van der Waals surface area contributed by atoms with E-state index in [2.05, 4.69) is 15.9 Å². The first-order chi connectivity index (χ1) is 16.0. The van der Waals surface area contributed by atoms with Crippen molar-refractivity contribution >= 4 is 73.5 Å². The van der Waals surface area contributed by atoms with E-state index in [1.54, 1.807) is 6.08 Å². The first-order valence-corrected chi connectivity index (χ1v) is 12.5. The maximum absolute atomic E-state index is 13.2. The summed E-state index contributed by atoms with van der Waals surface area (Å²) in [6.45, 7) is 2.82. The maximum atomic E-state index is 13.2. The molecule has 0 unspecified atom stereocenters. The third-order valence-corrected chi connectivity index (χ3v) is 6.96. The number of hydrogen-bond acceptors (Lipinski definition) is 5. The molecule has 0 atom stereocenters. The number of thiocarbonyl (C=S) groups is 1. The van der Waals surface area contributed by atoms with Gasteiger partial charge in [-0.15, -0.1) is 0 Å². The zero-order chi connectivity index (χ0) is 23.4. The Morgan fingerprint density at radius 2 is 1.85 bits per heavy atom. The normalized spacial score (nSPS) is 14.8. The Hall–Kier alpha value is -2.32. The number of benzene rings is 3. The minimum atomic E-state index is -0.175. The third kappa shape index (κ3) is 5.61. The van der Waals surface area contributed by atoms with Crippen LogP contribution in [0.2, 0.25) is 5.02 Å². The van der Waals surface area contributed by atoms with Crippen molar-refractivity contribution in [2.24, 2.45) is 0 Å². The zero-order valence-electron chi connectivity index (χ0n) is 17.6. The van der Waals surface area contributed by atoms with Crippen molar-refractivity contribution in [3.63, 3.8) is 0 Å². The average molecular weight is 561 g/mol. The summed E-state index contributed by atoms with van der Waals surface area (Å²) in [7, 11) is 0. The van der Waals surface area contributed by atoms with Crippen molar-refractivity contribution in [1.29, 1.82) is 0 Å². The molecule has 3 aromatic rings. The predicted octanol–water partition coefficient (Wildman–Crippen LogP) is 7.49. The number of carbonyl (C=O) groups is 1. The van der Waals surface area contributed by atoms with Crippen LogP contribution in [0.5, 0.6) is 11.5 Å². The van der Waals surface area contributed by atoms with Gasteiger partial charge in [-0.2, -0.15) is 0 Å². The number of hydrogen-bond donors (Lipinski definition) is 0. The van der Waals surface area contributed by atoms with E-state index in [1.807, 2.05) is 73.7 Å². The quantitative estimate of drug-likeness (QED) is 0.221. The first kappa shape index (κ1) is 23.8. The van der Waals surface area contributed by atoms with Crippen LogP contribution in [0, 0.1) is 0 Å². The summed E-state index contributed by atoms with van der Waals surface area (Å²) in [6, 6.07) is 20.5. The molecule has 0 aromatic heterocycles. The van der Waals surface area contributed by atoms with E-state index in [1.165, 1.54) is 16.7 Å². The van der Waals surface area contributed by atoms with Crippen LogP contribution in [0.1, 0.15) is 18.1 Å². The van der Waals surface area contributed by atoms with Gasteiger partial charge in [0.15, 0.2) is 4.32 Å². The maximum Gasteiger partial charge on any atom is 0.270 e. The highest BCUT2D eigenvalue weighted by Gasteiger charge is 2.33. The van der Waals surface area contributed by atoms with Crippen LogP contribution in [0.3, 0.4) is 0 Å². The number of nitrogens with zero attached hydrogens (tertiary/aromatic N) is 1. The number of amides is 1. The lowest BCUT2D eigenvalue weighted by atomic mass is 10.1. The largest absolute Gasteiger partial charge is 0.494 e. The average Bonchev–Trinajstić information content (AvgIpc) is 3.08. The SMILES string of the molecule is CCOc1ccc(N2C(=O)/C(=C\c3cc(Br)ccc3OCc3ccccc3Cl)SC2=S)cc1. The lowest BCUT2D eigenvalue weighted by molar-refractivity contribution is -0.113. The standard InChI is InChI=1S/C25H19BrClNO3S2/c1-2-30-20-10-8-19(9-11-20)28-24(29)23(33-25(28)32)14-17-13-18(26)7-12-22(17)31-15-16-5-3-4-6-21(16)27/h3-14H,2,15H2,1H3/b23-14+. The van der Waals surface area contributed by atoms with Gasteiger partial charge in [0, 0.05) is 20.6 Å². The number of thioether (sulfide) groups is 1. The molecule has 1 aliphatic heterocycles. The van der Waals surface area contributed by atoms with Gasteiger partial charge in [-0.1, -0.05) is 69.7 Å². The second-order valence-electron chi connectivity index (χ2n) is 7.01. The summed E-state index contributed by atoms with van der Waals surface area (Å²) < 4.78 is 12.9. The van der Waals surface area contributed by atoms with E-state index in [9.17, 15) is 4.79 Å². The molecule has 3 aromatic carbocycles. The molecule has 1 fully saturated rings. The Bertz CT molecular complexity index is 1230. The molecule has 0 N–H and O–H groups in total. The number of rotatable bonds is 7. The molecule has 0 saturated carbocycles.